The van der Waals surface area contributed by atoms with E-state index in [4.69, 9.17) is 4.74 Å². The average Bonchev–Trinajstić information content (AvgIpc) is 3.41. The number of carbonyl (C=O) groups excluding carboxylic acids is 2. The summed E-state index contributed by atoms with van der Waals surface area (Å²) in [4.78, 5) is 37.4. The highest BCUT2D eigenvalue weighted by molar-refractivity contribution is 5.94. The number of amides is 2. The van der Waals surface area contributed by atoms with Gasteiger partial charge in [0.1, 0.15) is 6.61 Å². The summed E-state index contributed by atoms with van der Waals surface area (Å²) < 4.78 is 5.44. The minimum absolute atomic E-state index is 0.0287. The van der Waals surface area contributed by atoms with Gasteiger partial charge in [0.05, 0.1) is 12.0 Å². The van der Waals surface area contributed by atoms with Gasteiger partial charge in [-0.3, -0.25) is 9.59 Å². The van der Waals surface area contributed by atoms with Crippen LogP contribution in [0.25, 0.3) is 11.1 Å². The van der Waals surface area contributed by atoms with Gasteiger partial charge in [-0.05, 0) is 41.0 Å². The number of carbonyl (C=O) groups is 3. The first-order valence-corrected chi connectivity index (χ1v) is 11.1. The lowest BCUT2D eigenvalue weighted by atomic mass is 9.84. The van der Waals surface area contributed by atoms with E-state index in [-0.39, 0.29) is 25.6 Å². The number of nitrogens with one attached hydrogen (secondary N) is 1. The molecule has 2 aromatic carbocycles. The molecule has 33 heavy (non-hydrogen) atoms. The van der Waals surface area contributed by atoms with Crippen LogP contribution < -0.4 is 5.32 Å². The van der Waals surface area contributed by atoms with Crippen LogP contribution in [0, 0.1) is 17.3 Å². The molecule has 2 aliphatic rings. The number of aliphatic carboxylic acids is 1. The molecule has 1 aliphatic carbocycles. The average molecular weight is 447 g/mol. The summed E-state index contributed by atoms with van der Waals surface area (Å²) in [7, 11) is 0. The summed E-state index contributed by atoms with van der Waals surface area (Å²) in [6.07, 6.45) is 0.281. The van der Waals surface area contributed by atoms with E-state index in [1.807, 2.05) is 43.3 Å². The molecule has 0 spiro atoms. The third-order valence-corrected chi connectivity index (χ3v) is 6.63. The maximum atomic E-state index is 12.3. The maximum absolute atomic E-state index is 12.3. The molecule has 1 aliphatic heterocycles. The van der Waals surface area contributed by atoms with Crippen molar-refractivity contribution in [1.82, 2.24) is 10.2 Å². The number of nitrogens with zero attached hydrogens (tertiary/aromatic N) is 1. The Bertz CT molecular complexity index is 1100. The van der Waals surface area contributed by atoms with Crippen LogP contribution in [0.15, 0.2) is 48.5 Å². The van der Waals surface area contributed by atoms with E-state index >= 15 is 0 Å². The first-order chi connectivity index (χ1) is 15.9. The van der Waals surface area contributed by atoms with Gasteiger partial charge in [-0.25, -0.2) is 4.79 Å². The number of ether oxygens (including phenoxy) is 1. The number of carboxylic acid groups (broad SMARTS) is 1. The highest BCUT2D eigenvalue weighted by atomic mass is 16.5. The second-order valence-electron chi connectivity index (χ2n) is 8.40. The molecule has 1 saturated heterocycles. The van der Waals surface area contributed by atoms with Crippen molar-refractivity contribution in [3.63, 3.8) is 0 Å². The molecule has 4 rings (SSSR count). The molecule has 2 N–H and O–H groups in total. The van der Waals surface area contributed by atoms with Crippen molar-refractivity contribution in [1.29, 1.82) is 0 Å². The number of benzene rings is 2. The minimum atomic E-state index is -0.892. The Morgan fingerprint density at radius 3 is 2.33 bits per heavy atom. The highest BCUT2D eigenvalue weighted by Crippen LogP contribution is 2.44. The molecule has 2 amide bonds. The van der Waals surface area contributed by atoms with Crippen LogP contribution in [0.1, 0.15) is 36.8 Å². The summed E-state index contributed by atoms with van der Waals surface area (Å²) >= 11 is 0. The van der Waals surface area contributed by atoms with Crippen LogP contribution in [0.5, 0.6) is 0 Å². The van der Waals surface area contributed by atoms with E-state index in [9.17, 15) is 19.5 Å². The summed E-state index contributed by atoms with van der Waals surface area (Å²) in [6.45, 7) is 2.51. The van der Waals surface area contributed by atoms with Gasteiger partial charge >= 0.3 is 12.1 Å². The van der Waals surface area contributed by atoms with Gasteiger partial charge in [0.25, 0.3) is 5.91 Å². The van der Waals surface area contributed by atoms with Crippen LogP contribution in [-0.4, -0.2) is 54.2 Å². The Kier molecular flexibility index (Phi) is 6.36. The van der Waals surface area contributed by atoms with Gasteiger partial charge in [-0.2, -0.15) is 0 Å². The number of alkyl carbamates (subject to hydrolysis) is 1. The lowest BCUT2D eigenvalue weighted by Crippen LogP contribution is -2.36. The summed E-state index contributed by atoms with van der Waals surface area (Å²) in [5.41, 5.74) is 3.68. The Morgan fingerprint density at radius 1 is 1.12 bits per heavy atom. The Morgan fingerprint density at radius 2 is 1.76 bits per heavy atom. The fourth-order valence-corrected chi connectivity index (χ4v) is 4.62. The van der Waals surface area contributed by atoms with Crippen molar-refractivity contribution < 1.29 is 24.2 Å². The second-order valence-corrected chi connectivity index (χ2v) is 8.40. The quantitative estimate of drug-likeness (QED) is 0.688. The first-order valence-electron chi connectivity index (χ1n) is 11.1. The van der Waals surface area contributed by atoms with Gasteiger partial charge in [0.2, 0.25) is 0 Å². The Balaban J connectivity index is 1.27. The normalized spacial score (nSPS) is 18.6. The van der Waals surface area contributed by atoms with Gasteiger partial charge < -0.3 is 20.1 Å². The van der Waals surface area contributed by atoms with Crippen LogP contribution in [-0.2, 0) is 14.3 Å². The zero-order valence-corrected chi connectivity index (χ0v) is 18.5. The molecule has 1 unspecified atom stereocenters. The highest BCUT2D eigenvalue weighted by Gasteiger charge is 2.44. The van der Waals surface area contributed by atoms with E-state index in [1.165, 1.54) is 4.90 Å². The van der Waals surface area contributed by atoms with Crippen molar-refractivity contribution in [2.45, 2.75) is 25.7 Å². The largest absolute Gasteiger partial charge is 0.481 e. The van der Waals surface area contributed by atoms with E-state index in [0.717, 1.165) is 22.3 Å². The van der Waals surface area contributed by atoms with Crippen molar-refractivity contribution >= 4 is 18.0 Å². The van der Waals surface area contributed by atoms with Crippen molar-refractivity contribution in [2.24, 2.45) is 5.41 Å². The second kappa shape index (κ2) is 9.37. The van der Waals surface area contributed by atoms with E-state index in [2.05, 4.69) is 29.3 Å². The van der Waals surface area contributed by atoms with Gasteiger partial charge in [-0.15, -0.1) is 0 Å². The Hall–Kier alpha value is -3.79. The van der Waals surface area contributed by atoms with E-state index in [0.29, 0.717) is 19.4 Å². The molecule has 0 bridgehead atoms. The zero-order valence-electron chi connectivity index (χ0n) is 18.5. The summed E-state index contributed by atoms with van der Waals surface area (Å²) in [5.74, 6) is 3.76. The number of carboxylic acids is 1. The predicted molar refractivity (Wildman–Crippen MR) is 122 cm³/mol. The molecular formula is C26H26N2O5. The number of likely N-dealkylation sites (tertiary alicyclic amines) is 1. The topological polar surface area (TPSA) is 95.9 Å². The number of rotatable bonds is 5. The molecule has 1 fully saturated rings. The predicted octanol–water partition coefficient (Wildman–Crippen LogP) is 3.24. The summed E-state index contributed by atoms with van der Waals surface area (Å²) in [6, 6.07) is 16.2. The molecule has 0 aromatic heterocycles. The van der Waals surface area contributed by atoms with E-state index < -0.39 is 23.4 Å². The standard InChI is InChI=1S/C26H26N2O5/c1-2-26(24(30)31)13-15-28(17-26)23(29)12-7-14-27-25(32)33-16-22-20-10-5-3-8-18(20)19-9-4-6-11-21(19)22/h3-6,8-11,22H,2,13-17H2,1H3,(H,27,32)(H,30,31). The van der Waals surface area contributed by atoms with Crippen molar-refractivity contribution in [3.05, 3.63) is 59.7 Å². The van der Waals surface area contributed by atoms with Crippen molar-refractivity contribution in [3.8, 4) is 23.0 Å². The molecule has 170 valence electrons. The SMILES string of the molecule is CCC1(C(=O)O)CCN(C(=O)C#CCNC(=O)OCC2c3ccccc3-c3ccccc32)C1. The third kappa shape index (κ3) is 4.42. The molecule has 7 heteroatoms. The third-order valence-electron chi connectivity index (χ3n) is 6.63. The van der Waals surface area contributed by atoms with Crippen LogP contribution in [0.3, 0.4) is 0 Å². The van der Waals surface area contributed by atoms with Gasteiger partial charge in [0, 0.05) is 19.0 Å². The molecule has 0 radical (unpaired) electrons. The monoisotopic (exact) mass is 446 g/mol. The van der Waals surface area contributed by atoms with Crippen molar-refractivity contribution in [2.75, 3.05) is 26.2 Å². The fourth-order valence-electron chi connectivity index (χ4n) is 4.62. The molecule has 0 saturated carbocycles. The van der Waals surface area contributed by atoms with E-state index in [1.54, 1.807) is 0 Å². The number of hydrogen-bond donors (Lipinski definition) is 2. The fraction of sp³-hybridized carbons (Fsp3) is 0.346. The first kappa shape index (κ1) is 22.4. The number of fused-ring (bicyclic) bond motifs is 3. The summed E-state index contributed by atoms with van der Waals surface area (Å²) in [5, 5.41) is 12.0. The molecule has 1 atom stereocenters. The lowest BCUT2D eigenvalue weighted by molar-refractivity contribution is -0.148. The smallest absolute Gasteiger partial charge is 0.407 e. The van der Waals surface area contributed by atoms with Gasteiger partial charge in [0.15, 0.2) is 0 Å². The molecular weight excluding hydrogens is 420 g/mol. The van der Waals surface area contributed by atoms with Crippen LogP contribution in [0.2, 0.25) is 0 Å². The maximum Gasteiger partial charge on any atom is 0.407 e. The minimum Gasteiger partial charge on any atom is -0.481 e. The van der Waals surface area contributed by atoms with Crippen LogP contribution in [0.4, 0.5) is 4.79 Å². The zero-order chi connectivity index (χ0) is 23.4. The molecule has 1 heterocycles. The molecule has 7 nitrogen and oxygen atoms in total. The molecule has 2 aromatic rings. The number of hydrogen-bond acceptors (Lipinski definition) is 4. The van der Waals surface area contributed by atoms with Crippen LogP contribution >= 0.6 is 0 Å². The van der Waals surface area contributed by atoms with Gasteiger partial charge in [-0.1, -0.05) is 61.4 Å². The Labute approximate surface area is 192 Å². The lowest BCUT2D eigenvalue weighted by Gasteiger charge is -2.21.